The molecule has 0 aromatic carbocycles. The predicted molar refractivity (Wildman–Crippen MR) is 63.2 cm³/mol. The Morgan fingerprint density at radius 3 is 2.71 bits per heavy atom. The van der Waals surface area contributed by atoms with Crippen LogP contribution in [-0.2, 0) is 14.1 Å². The zero-order valence-electron chi connectivity index (χ0n) is 9.39. The van der Waals surface area contributed by atoms with Crippen molar-refractivity contribution in [3.63, 3.8) is 0 Å². The lowest BCUT2D eigenvalue weighted by molar-refractivity contribution is 0.768. The van der Waals surface area contributed by atoms with Gasteiger partial charge in [-0.15, -0.1) is 0 Å². The monoisotopic (exact) mass is 236 g/mol. The minimum atomic E-state index is -0.561. The molecule has 4 N–H and O–H groups in total. The molecule has 0 atom stereocenters. The number of nitrogens with two attached hydrogens (primary N) is 1. The number of aryl methyl sites for hydroxylation is 1. The van der Waals surface area contributed by atoms with Gasteiger partial charge in [-0.1, -0.05) is 0 Å². The van der Waals surface area contributed by atoms with Crippen molar-refractivity contribution in [2.45, 2.75) is 0 Å². The molecule has 2 rings (SSSR count). The highest BCUT2D eigenvalue weighted by atomic mass is 16.2. The highest BCUT2D eigenvalue weighted by Gasteiger charge is 2.10. The number of nitrogens with one attached hydrogen (secondary N) is 2. The topological polar surface area (TPSA) is 111 Å². The van der Waals surface area contributed by atoms with E-state index in [2.05, 4.69) is 15.4 Å². The number of aromatic nitrogens is 4. The molecule has 90 valence electrons. The minimum Gasteiger partial charge on any atom is -0.383 e. The normalized spacial score (nSPS) is 10.5. The molecule has 0 fully saturated rings. The number of anilines is 3. The van der Waals surface area contributed by atoms with E-state index in [4.69, 9.17) is 5.73 Å². The summed E-state index contributed by atoms with van der Waals surface area (Å²) in [7, 11) is 3.22. The molecular weight excluding hydrogens is 224 g/mol. The number of rotatable bonds is 2. The van der Waals surface area contributed by atoms with E-state index in [1.807, 2.05) is 0 Å². The zero-order chi connectivity index (χ0) is 12.6. The van der Waals surface area contributed by atoms with Crippen molar-refractivity contribution in [1.29, 1.82) is 0 Å². The van der Waals surface area contributed by atoms with E-state index < -0.39 is 11.2 Å². The van der Waals surface area contributed by atoms with Gasteiger partial charge in [0.25, 0.3) is 5.56 Å². The number of nitrogens with zero attached hydrogens (tertiary/aromatic N) is 3. The maximum Gasteiger partial charge on any atom is 0.329 e. The van der Waals surface area contributed by atoms with E-state index in [-0.39, 0.29) is 11.5 Å². The molecule has 8 nitrogen and oxygen atoms in total. The van der Waals surface area contributed by atoms with Gasteiger partial charge in [-0.2, -0.15) is 5.10 Å². The molecule has 0 aliphatic heterocycles. The molecule has 0 aliphatic carbocycles. The van der Waals surface area contributed by atoms with Crippen LogP contribution in [0, 0.1) is 0 Å². The summed E-state index contributed by atoms with van der Waals surface area (Å²) in [6.45, 7) is 0. The van der Waals surface area contributed by atoms with E-state index in [0.29, 0.717) is 5.69 Å². The lowest BCUT2D eigenvalue weighted by Crippen LogP contribution is -2.31. The molecule has 2 heterocycles. The first-order chi connectivity index (χ1) is 7.99. The van der Waals surface area contributed by atoms with Crippen molar-refractivity contribution in [2.24, 2.45) is 14.1 Å². The molecule has 8 heteroatoms. The standard InChI is InChI=1S/C9H12N6O2/c1-14-4-5(3-11-14)12-6-7(10)15(2)9(17)13-8(6)16/h3-4,12H,10H2,1-2H3,(H,13,16,17). The summed E-state index contributed by atoms with van der Waals surface area (Å²) >= 11 is 0. The number of H-pyrrole nitrogens is 1. The van der Waals surface area contributed by atoms with Crippen LogP contribution in [0.5, 0.6) is 0 Å². The molecule has 17 heavy (non-hydrogen) atoms. The minimum absolute atomic E-state index is 0.0719. The summed E-state index contributed by atoms with van der Waals surface area (Å²) in [5, 5.41) is 6.76. The SMILES string of the molecule is Cn1cc(Nc2c(N)n(C)c(=O)[nH]c2=O)cn1. The maximum atomic E-state index is 11.6. The second-order valence-electron chi connectivity index (χ2n) is 3.61. The molecule has 0 spiro atoms. The van der Waals surface area contributed by atoms with Crippen molar-refractivity contribution in [2.75, 3.05) is 11.1 Å². The van der Waals surface area contributed by atoms with E-state index in [1.54, 1.807) is 24.1 Å². The average molecular weight is 236 g/mol. The van der Waals surface area contributed by atoms with E-state index in [9.17, 15) is 9.59 Å². The van der Waals surface area contributed by atoms with Crippen molar-refractivity contribution < 1.29 is 0 Å². The van der Waals surface area contributed by atoms with Gasteiger partial charge in [-0.3, -0.25) is 19.0 Å². The second-order valence-corrected chi connectivity index (χ2v) is 3.61. The van der Waals surface area contributed by atoms with Gasteiger partial charge < -0.3 is 11.1 Å². The van der Waals surface area contributed by atoms with Gasteiger partial charge in [0.1, 0.15) is 11.5 Å². The Kier molecular flexibility index (Phi) is 2.47. The van der Waals surface area contributed by atoms with Crippen LogP contribution in [0.3, 0.4) is 0 Å². The fraction of sp³-hybridized carbons (Fsp3) is 0.222. The van der Waals surface area contributed by atoms with Crippen molar-refractivity contribution in [3.05, 3.63) is 33.2 Å². The number of hydrogen-bond donors (Lipinski definition) is 3. The Hall–Kier alpha value is -2.51. The third-order valence-electron chi connectivity index (χ3n) is 2.34. The third kappa shape index (κ3) is 1.92. The predicted octanol–water partition coefficient (Wildman–Crippen LogP) is -0.867. The second kappa shape index (κ2) is 3.81. The fourth-order valence-corrected chi connectivity index (χ4v) is 1.39. The molecule has 0 amide bonds. The third-order valence-corrected chi connectivity index (χ3v) is 2.34. The van der Waals surface area contributed by atoms with Crippen LogP contribution in [0.25, 0.3) is 0 Å². The van der Waals surface area contributed by atoms with Crippen LogP contribution < -0.4 is 22.3 Å². The molecule has 0 saturated heterocycles. The van der Waals surface area contributed by atoms with Gasteiger partial charge in [0.05, 0.1) is 11.9 Å². The Morgan fingerprint density at radius 2 is 2.12 bits per heavy atom. The van der Waals surface area contributed by atoms with Crippen molar-refractivity contribution in [1.82, 2.24) is 19.3 Å². The van der Waals surface area contributed by atoms with Gasteiger partial charge in [-0.25, -0.2) is 4.79 Å². The zero-order valence-corrected chi connectivity index (χ0v) is 9.39. The number of nitrogen functional groups attached to an aromatic ring is 1. The summed E-state index contributed by atoms with van der Waals surface area (Å²) in [4.78, 5) is 25.0. The van der Waals surface area contributed by atoms with E-state index in [1.165, 1.54) is 7.05 Å². The van der Waals surface area contributed by atoms with Crippen LogP contribution in [0.2, 0.25) is 0 Å². The van der Waals surface area contributed by atoms with Crippen LogP contribution in [0.4, 0.5) is 17.2 Å². The van der Waals surface area contributed by atoms with Crippen LogP contribution >= 0.6 is 0 Å². The number of hydrogen-bond acceptors (Lipinski definition) is 5. The van der Waals surface area contributed by atoms with Crippen molar-refractivity contribution in [3.8, 4) is 0 Å². The molecule has 2 aromatic rings. The lowest BCUT2D eigenvalue weighted by atomic mass is 10.4. The Bertz CT molecular complexity index is 665. The van der Waals surface area contributed by atoms with Gasteiger partial charge in [0.2, 0.25) is 0 Å². The Labute approximate surface area is 95.7 Å². The molecule has 2 aromatic heterocycles. The molecule has 0 bridgehead atoms. The highest BCUT2D eigenvalue weighted by molar-refractivity contribution is 5.67. The smallest absolute Gasteiger partial charge is 0.329 e. The number of aromatic amines is 1. The van der Waals surface area contributed by atoms with Gasteiger partial charge in [0, 0.05) is 20.3 Å². The van der Waals surface area contributed by atoms with Crippen LogP contribution in [0.1, 0.15) is 0 Å². The van der Waals surface area contributed by atoms with Gasteiger partial charge >= 0.3 is 5.69 Å². The molecular formula is C9H12N6O2. The van der Waals surface area contributed by atoms with E-state index in [0.717, 1.165) is 4.57 Å². The summed E-state index contributed by atoms with van der Waals surface area (Å²) in [5.41, 5.74) is 5.32. The first kappa shape index (κ1) is 11.0. The quantitative estimate of drug-likeness (QED) is 0.628. The Morgan fingerprint density at radius 1 is 1.41 bits per heavy atom. The average Bonchev–Trinajstić information content (AvgIpc) is 2.67. The van der Waals surface area contributed by atoms with Gasteiger partial charge in [-0.05, 0) is 0 Å². The first-order valence-corrected chi connectivity index (χ1v) is 4.83. The molecule has 0 unspecified atom stereocenters. The largest absolute Gasteiger partial charge is 0.383 e. The van der Waals surface area contributed by atoms with Crippen LogP contribution in [-0.4, -0.2) is 19.3 Å². The summed E-state index contributed by atoms with van der Waals surface area (Å²) < 4.78 is 2.73. The Balaban J connectivity index is 2.50. The molecule has 0 aliphatic rings. The fourth-order valence-electron chi connectivity index (χ4n) is 1.39. The first-order valence-electron chi connectivity index (χ1n) is 4.83. The van der Waals surface area contributed by atoms with Crippen molar-refractivity contribution >= 4 is 17.2 Å². The van der Waals surface area contributed by atoms with Crippen LogP contribution in [0.15, 0.2) is 22.0 Å². The van der Waals surface area contributed by atoms with E-state index >= 15 is 0 Å². The highest BCUT2D eigenvalue weighted by Crippen LogP contribution is 2.15. The summed E-state index contributed by atoms with van der Waals surface area (Å²) in [6, 6.07) is 0. The molecule has 0 saturated carbocycles. The molecule has 0 radical (unpaired) electrons. The maximum absolute atomic E-state index is 11.6. The lowest BCUT2D eigenvalue weighted by Gasteiger charge is -2.08. The summed E-state index contributed by atoms with van der Waals surface area (Å²) in [6.07, 6.45) is 3.23. The summed E-state index contributed by atoms with van der Waals surface area (Å²) in [5.74, 6) is 0.0719. The van der Waals surface area contributed by atoms with Gasteiger partial charge in [0.15, 0.2) is 0 Å².